The summed E-state index contributed by atoms with van der Waals surface area (Å²) >= 11 is 0. The van der Waals surface area contributed by atoms with Crippen LogP contribution in [0.1, 0.15) is 82.9 Å². The van der Waals surface area contributed by atoms with Crippen LogP contribution >= 0.6 is 0 Å². The van der Waals surface area contributed by atoms with Crippen molar-refractivity contribution in [3.05, 3.63) is 51.3 Å². The van der Waals surface area contributed by atoms with E-state index in [4.69, 9.17) is 19.7 Å². The van der Waals surface area contributed by atoms with E-state index >= 15 is 0 Å². The molecule has 2 aliphatic rings. The van der Waals surface area contributed by atoms with Crippen molar-refractivity contribution in [2.75, 3.05) is 6.54 Å². The van der Waals surface area contributed by atoms with E-state index in [-0.39, 0.29) is 47.7 Å². The molecule has 0 radical (unpaired) electrons. The number of nitrogens with zero attached hydrogens (tertiary/aromatic N) is 2. The summed E-state index contributed by atoms with van der Waals surface area (Å²) in [6, 6.07) is 7.34. The van der Waals surface area contributed by atoms with Crippen molar-refractivity contribution >= 4 is 42.1 Å². The number of hydrogen-bond acceptors (Lipinski definition) is 9. The first kappa shape index (κ1) is 34.3. The van der Waals surface area contributed by atoms with Gasteiger partial charge >= 0.3 is 12.1 Å². The molecule has 0 saturated carbocycles. The quantitative estimate of drug-likeness (QED) is 0.0634. The number of ether oxygens (including phenoxy) is 2. The number of benzene rings is 1. The van der Waals surface area contributed by atoms with Crippen molar-refractivity contribution in [2.24, 2.45) is 0 Å². The second-order valence-electron chi connectivity index (χ2n) is 14.0. The maximum atomic E-state index is 13.7. The first-order valence-corrected chi connectivity index (χ1v) is 19.2. The molecule has 0 aliphatic carbocycles. The van der Waals surface area contributed by atoms with E-state index in [1.165, 1.54) is 0 Å². The van der Waals surface area contributed by atoms with Gasteiger partial charge < -0.3 is 24.5 Å². The van der Waals surface area contributed by atoms with Gasteiger partial charge in [-0.1, -0.05) is 53.6 Å². The van der Waals surface area contributed by atoms with Crippen molar-refractivity contribution in [3.8, 4) is 17.1 Å². The zero-order valence-electron chi connectivity index (χ0n) is 27.9. The number of unbranched alkanes of at least 4 members (excludes halogenated alkanes) is 3. The smallest absolute Gasteiger partial charge is 0.412 e. The Kier molecular flexibility index (Phi) is 9.37. The number of pyridine rings is 2. The Bertz CT molecular complexity index is 1810. The number of hydroxylamine groups is 1. The number of nitrogens with one attached hydrogen (secondary N) is 2. The third-order valence-electron chi connectivity index (χ3n) is 10.1. The molecule has 0 fully saturated rings. The molecule has 47 heavy (non-hydrogen) atoms. The summed E-state index contributed by atoms with van der Waals surface area (Å²) in [5.41, 5.74) is 2.61. The van der Waals surface area contributed by atoms with Gasteiger partial charge in [-0.15, -0.1) is 0 Å². The number of amides is 2. The molecule has 1 atom stereocenters. The Balaban J connectivity index is 1.47. The highest BCUT2D eigenvalue weighted by molar-refractivity contribution is 6.94. The Morgan fingerprint density at radius 1 is 1.13 bits per heavy atom. The number of hydrogen-bond donors (Lipinski definition) is 4. The monoisotopic (exact) mass is 664 g/mol. The van der Waals surface area contributed by atoms with Crippen LogP contribution in [-0.4, -0.2) is 52.5 Å². The standard InChI is InChI=1S/C34H44N4O8Si/c1-7-34(43)23-17-25-28-20(18-38(25)30(40)22(23)19-45-31(34)41)16-21-24(36-28)13-14-26(29(21)47(5,6)33(2,3)4)46-32(42)35-15-11-9-8-10-12-27(39)37-44/h13-14,16-17,43-44H,7-12,15,18-19H2,1-6H3,(H,35,42)(H,37,39)/t34-/m0/s1. The summed E-state index contributed by atoms with van der Waals surface area (Å²) in [6.07, 6.45) is 2.75. The lowest BCUT2D eigenvalue weighted by Crippen LogP contribution is -2.50. The molecule has 0 spiro atoms. The van der Waals surface area contributed by atoms with Crippen LogP contribution in [0.3, 0.4) is 0 Å². The minimum atomic E-state index is -2.35. The molecule has 4 N–H and O–H groups in total. The van der Waals surface area contributed by atoms with E-state index in [0.29, 0.717) is 35.6 Å². The largest absolute Gasteiger partial charge is 0.458 e. The molecule has 5 rings (SSSR count). The fraction of sp³-hybridized carbons (Fsp3) is 0.500. The average Bonchev–Trinajstić information content (AvgIpc) is 3.38. The summed E-state index contributed by atoms with van der Waals surface area (Å²) in [5.74, 6) is -0.693. The van der Waals surface area contributed by atoms with Crippen LogP contribution in [0.15, 0.2) is 29.1 Å². The van der Waals surface area contributed by atoms with E-state index in [2.05, 4.69) is 39.2 Å². The minimum absolute atomic E-state index is 0.0669. The van der Waals surface area contributed by atoms with Crippen LogP contribution in [0.4, 0.5) is 4.79 Å². The Labute approximate surface area is 274 Å². The highest BCUT2D eigenvalue weighted by atomic mass is 28.3. The molecule has 0 saturated heterocycles. The van der Waals surface area contributed by atoms with Gasteiger partial charge in [0.2, 0.25) is 5.91 Å². The summed E-state index contributed by atoms with van der Waals surface area (Å²) in [5, 5.41) is 24.3. The predicted octanol–water partition coefficient (Wildman–Crippen LogP) is 4.34. The molecule has 4 heterocycles. The minimum Gasteiger partial charge on any atom is -0.458 e. The zero-order valence-corrected chi connectivity index (χ0v) is 28.9. The van der Waals surface area contributed by atoms with Crippen molar-refractivity contribution in [2.45, 2.75) is 103 Å². The normalized spacial score (nSPS) is 17.1. The van der Waals surface area contributed by atoms with Gasteiger partial charge in [0.1, 0.15) is 12.4 Å². The zero-order chi connectivity index (χ0) is 34.3. The molecule has 2 amide bonds. The molecule has 13 heteroatoms. The van der Waals surface area contributed by atoms with Gasteiger partial charge in [-0.2, -0.15) is 0 Å². The lowest BCUT2D eigenvalue weighted by Gasteiger charge is -2.38. The third kappa shape index (κ3) is 6.19. The van der Waals surface area contributed by atoms with Crippen LogP contribution < -0.4 is 26.3 Å². The second-order valence-corrected chi connectivity index (χ2v) is 19.2. The molecule has 1 aromatic carbocycles. The highest BCUT2D eigenvalue weighted by Gasteiger charge is 2.46. The van der Waals surface area contributed by atoms with E-state index in [1.54, 1.807) is 29.1 Å². The summed E-state index contributed by atoms with van der Waals surface area (Å²) in [4.78, 5) is 55.4. The lowest BCUT2D eigenvalue weighted by atomic mass is 9.86. The second kappa shape index (κ2) is 12.9. The van der Waals surface area contributed by atoms with Gasteiger partial charge in [0.15, 0.2) is 5.60 Å². The molecule has 2 aromatic heterocycles. The van der Waals surface area contributed by atoms with Gasteiger partial charge in [-0.05, 0) is 53.8 Å². The Hall–Kier alpha value is -4.07. The Morgan fingerprint density at radius 3 is 2.53 bits per heavy atom. The van der Waals surface area contributed by atoms with Crippen molar-refractivity contribution in [1.82, 2.24) is 20.3 Å². The number of carbonyl (C=O) groups is 3. The van der Waals surface area contributed by atoms with Crippen LogP contribution in [0.5, 0.6) is 5.75 Å². The molecule has 0 bridgehead atoms. The van der Waals surface area contributed by atoms with E-state index in [1.807, 2.05) is 12.1 Å². The first-order valence-electron chi connectivity index (χ1n) is 16.2. The number of esters is 1. The number of carbonyl (C=O) groups excluding carboxylic acids is 3. The van der Waals surface area contributed by atoms with Gasteiger partial charge in [-0.25, -0.2) is 20.1 Å². The lowest BCUT2D eigenvalue weighted by molar-refractivity contribution is -0.172. The van der Waals surface area contributed by atoms with Gasteiger partial charge in [-0.3, -0.25) is 14.8 Å². The fourth-order valence-electron chi connectivity index (χ4n) is 6.28. The van der Waals surface area contributed by atoms with Gasteiger partial charge in [0.25, 0.3) is 5.56 Å². The number of cyclic esters (lactones) is 1. The number of rotatable bonds is 10. The third-order valence-corrected chi connectivity index (χ3v) is 15.6. The van der Waals surface area contributed by atoms with E-state index < -0.39 is 31.6 Å². The molecule has 12 nitrogen and oxygen atoms in total. The van der Waals surface area contributed by atoms with Crippen LogP contribution in [0, 0.1) is 0 Å². The van der Waals surface area contributed by atoms with Crippen LogP contribution in [-0.2, 0) is 33.1 Å². The van der Waals surface area contributed by atoms with Crippen molar-refractivity contribution in [1.29, 1.82) is 0 Å². The molecular weight excluding hydrogens is 620 g/mol. The molecule has 2 aliphatic heterocycles. The average molecular weight is 665 g/mol. The van der Waals surface area contributed by atoms with Crippen LogP contribution in [0.25, 0.3) is 22.3 Å². The number of fused-ring (bicyclic) bond motifs is 5. The van der Waals surface area contributed by atoms with Crippen molar-refractivity contribution < 1.29 is 34.2 Å². The Morgan fingerprint density at radius 2 is 1.85 bits per heavy atom. The van der Waals surface area contributed by atoms with E-state index in [0.717, 1.165) is 35.4 Å². The predicted molar refractivity (Wildman–Crippen MR) is 178 cm³/mol. The number of aliphatic hydroxyl groups is 1. The SMILES string of the molecule is CC[C@@]1(O)C(=O)OCc2c1cc1n(c2=O)Cc2cc3c([Si](C)(C)C(C)(C)C)c(OC(=O)NCCCCCCC(=O)NO)ccc3nc2-1. The fourth-order valence-corrected chi connectivity index (χ4v) is 8.66. The first-order chi connectivity index (χ1) is 22.1. The number of aromatic nitrogens is 2. The van der Waals surface area contributed by atoms with Crippen LogP contribution in [0.2, 0.25) is 18.1 Å². The topological polar surface area (TPSA) is 169 Å². The molecular formula is C34H44N4O8Si. The summed E-state index contributed by atoms with van der Waals surface area (Å²) in [6.45, 7) is 13.2. The molecule has 3 aromatic rings. The molecule has 0 unspecified atom stereocenters. The van der Waals surface area contributed by atoms with Crippen molar-refractivity contribution in [3.63, 3.8) is 0 Å². The molecule has 252 valence electrons. The van der Waals surface area contributed by atoms with Gasteiger partial charge in [0, 0.05) is 29.5 Å². The highest BCUT2D eigenvalue weighted by Crippen LogP contribution is 2.42. The maximum Gasteiger partial charge on any atom is 0.412 e. The summed E-state index contributed by atoms with van der Waals surface area (Å²) < 4.78 is 12.8. The van der Waals surface area contributed by atoms with E-state index in [9.17, 15) is 24.3 Å². The maximum absolute atomic E-state index is 13.7. The summed E-state index contributed by atoms with van der Waals surface area (Å²) in [7, 11) is -2.35. The van der Waals surface area contributed by atoms with Gasteiger partial charge in [0.05, 0.1) is 37.1 Å².